The van der Waals surface area contributed by atoms with Crippen molar-refractivity contribution in [3.8, 4) is 11.5 Å². The molecule has 0 spiro atoms. The van der Waals surface area contributed by atoms with Crippen LogP contribution in [0.3, 0.4) is 0 Å². The van der Waals surface area contributed by atoms with Crippen molar-refractivity contribution in [1.29, 1.82) is 10.5 Å². The van der Waals surface area contributed by atoms with E-state index in [9.17, 15) is 10.1 Å². The van der Waals surface area contributed by atoms with Crippen LogP contribution in [0.15, 0.2) is 105 Å². The normalized spacial score (nSPS) is 10.5. The van der Waals surface area contributed by atoms with E-state index in [0.29, 0.717) is 11.4 Å². The zero-order valence-corrected chi connectivity index (χ0v) is 17.3. The minimum Gasteiger partial charge on any atom is -0.360 e. The molecule has 0 atom stereocenters. The predicted molar refractivity (Wildman–Crippen MR) is 121 cm³/mol. The van der Waals surface area contributed by atoms with Crippen molar-refractivity contribution < 1.29 is 4.79 Å². The van der Waals surface area contributed by atoms with Gasteiger partial charge < -0.3 is 10.6 Å². The van der Waals surface area contributed by atoms with Crippen LogP contribution in [-0.2, 0) is 4.79 Å². The Morgan fingerprint density at radius 3 is 2.27 bits per heavy atom. The van der Waals surface area contributed by atoms with Gasteiger partial charge in [-0.2, -0.15) is 10.5 Å². The van der Waals surface area contributed by atoms with Gasteiger partial charge in [0.05, 0.1) is 5.69 Å². The van der Waals surface area contributed by atoms with Crippen LogP contribution < -0.4 is 10.6 Å². The number of hydrogen-bond acceptors (Lipinski definition) is 6. The molecule has 3 aromatic carbocycles. The highest BCUT2D eigenvalue weighted by molar-refractivity contribution is 8.03. The molecular formula is C23H16N4OS2. The van der Waals surface area contributed by atoms with E-state index in [1.807, 2.05) is 60.0 Å². The van der Waals surface area contributed by atoms with Crippen LogP contribution in [0.2, 0.25) is 0 Å². The molecule has 0 heterocycles. The van der Waals surface area contributed by atoms with Crippen molar-refractivity contribution >= 4 is 40.8 Å². The van der Waals surface area contributed by atoms with Gasteiger partial charge in [0.15, 0.2) is 0 Å². The molecule has 0 fully saturated rings. The van der Waals surface area contributed by atoms with Crippen LogP contribution in [0.1, 0.15) is 0 Å². The summed E-state index contributed by atoms with van der Waals surface area (Å²) in [6.45, 7) is 0. The summed E-state index contributed by atoms with van der Waals surface area (Å²) in [5, 5.41) is 25.9. The Hall–Kier alpha value is -3.65. The van der Waals surface area contributed by atoms with Crippen molar-refractivity contribution in [1.82, 2.24) is 0 Å². The summed E-state index contributed by atoms with van der Waals surface area (Å²) in [5.74, 6) is -0.497. The zero-order valence-electron chi connectivity index (χ0n) is 15.7. The highest BCUT2D eigenvalue weighted by Crippen LogP contribution is 2.33. The van der Waals surface area contributed by atoms with Crippen molar-refractivity contribution in [2.45, 2.75) is 14.7 Å². The lowest BCUT2D eigenvalue weighted by Crippen LogP contribution is -2.15. The number of nitrogens with one attached hydrogen (secondary N) is 2. The van der Waals surface area contributed by atoms with Crippen LogP contribution in [0.4, 0.5) is 11.4 Å². The quantitative estimate of drug-likeness (QED) is 0.212. The lowest BCUT2D eigenvalue weighted by Gasteiger charge is -2.10. The van der Waals surface area contributed by atoms with E-state index in [0.717, 1.165) is 26.4 Å². The van der Waals surface area contributed by atoms with Crippen LogP contribution >= 0.6 is 23.5 Å². The van der Waals surface area contributed by atoms with Crippen molar-refractivity contribution in [3.05, 3.63) is 90.6 Å². The molecule has 0 aliphatic carbocycles. The van der Waals surface area contributed by atoms with Gasteiger partial charge in [0.2, 0.25) is 0 Å². The number of benzene rings is 3. The average Bonchev–Trinajstić information content (AvgIpc) is 2.77. The summed E-state index contributed by atoms with van der Waals surface area (Å²) >= 11 is 2.60. The maximum Gasteiger partial charge on any atom is 0.267 e. The summed E-state index contributed by atoms with van der Waals surface area (Å²) in [6, 6.07) is 26.3. The second-order valence-corrected chi connectivity index (χ2v) is 7.87. The molecule has 2 N–H and O–H groups in total. The third-order valence-corrected chi connectivity index (χ3v) is 5.56. The second-order valence-electron chi connectivity index (χ2n) is 5.90. The first-order valence-electron chi connectivity index (χ1n) is 8.85. The number of nitriles is 2. The van der Waals surface area contributed by atoms with Crippen molar-refractivity contribution in [3.63, 3.8) is 0 Å². The maximum absolute atomic E-state index is 12.6. The van der Waals surface area contributed by atoms with Crippen LogP contribution in [0.25, 0.3) is 0 Å². The summed E-state index contributed by atoms with van der Waals surface area (Å²) in [7, 11) is 0. The molecule has 0 unspecified atom stereocenters. The molecule has 1 amide bonds. The van der Waals surface area contributed by atoms with Gasteiger partial charge in [0.25, 0.3) is 5.91 Å². The van der Waals surface area contributed by atoms with Crippen molar-refractivity contribution in [2.24, 2.45) is 0 Å². The molecule has 30 heavy (non-hydrogen) atoms. The third kappa shape index (κ3) is 5.92. The number of carbonyl (C=O) groups is 1. The molecule has 0 aliphatic rings. The first-order valence-corrected chi connectivity index (χ1v) is 10.5. The van der Waals surface area contributed by atoms with Gasteiger partial charge in [-0.3, -0.25) is 4.79 Å². The number of carbonyl (C=O) groups excluding carboxylic acids is 1. The fourth-order valence-electron chi connectivity index (χ4n) is 2.44. The lowest BCUT2D eigenvalue weighted by atomic mass is 10.2. The van der Waals surface area contributed by atoms with Gasteiger partial charge in [-0.25, -0.2) is 0 Å². The number of para-hydroxylation sites is 1. The van der Waals surface area contributed by atoms with E-state index in [1.54, 1.807) is 30.3 Å². The Kier molecular flexibility index (Phi) is 7.57. The number of anilines is 2. The number of hydrogen-bond donors (Lipinski definition) is 2. The molecule has 3 aromatic rings. The van der Waals surface area contributed by atoms with Crippen LogP contribution in [0.5, 0.6) is 0 Å². The highest BCUT2D eigenvalue weighted by atomic mass is 32.2. The molecule has 3 rings (SSSR count). The summed E-state index contributed by atoms with van der Waals surface area (Å²) in [6.07, 6.45) is 1.37. The van der Waals surface area contributed by atoms with Gasteiger partial charge in [0.1, 0.15) is 17.0 Å². The van der Waals surface area contributed by atoms with Crippen LogP contribution in [0, 0.1) is 22.0 Å². The van der Waals surface area contributed by atoms with E-state index in [4.69, 9.17) is 5.26 Å². The number of thioether (sulfide) groups is 1. The molecule has 7 heteroatoms. The number of rotatable bonds is 7. The molecule has 0 radical (unpaired) electrons. The third-order valence-electron chi connectivity index (χ3n) is 3.87. The minimum absolute atomic E-state index is 0.0509. The van der Waals surface area contributed by atoms with Gasteiger partial charge in [-0.15, -0.1) is 0 Å². The maximum atomic E-state index is 12.6. The number of nitrogens with zero attached hydrogens (tertiary/aromatic N) is 2. The number of thiocyanates is 1. The Labute approximate surface area is 183 Å². The molecule has 0 saturated heterocycles. The van der Waals surface area contributed by atoms with E-state index >= 15 is 0 Å². The largest absolute Gasteiger partial charge is 0.360 e. The minimum atomic E-state index is -0.497. The molecule has 5 nitrogen and oxygen atoms in total. The molecule has 146 valence electrons. The summed E-state index contributed by atoms with van der Waals surface area (Å²) in [4.78, 5) is 15.4. The van der Waals surface area contributed by atoms with E-state index in [2.05, 4.69) is 10.6 Å². The lowest BCUT2D eigenvalue weighted by molar-refractivity contribution is -0.112. The van der Waals surface area contributed by atoms with Gasteiger partial charge >= 0.3 is 0 Å². The van der Waals surface area contributed by atoms with E-state index in [-0.39, 0.29) is 5.57 Å². The first-order chi connectivity index (χ1) is 14.7. The van der Waals surface area contributed by atoms with Gasteiger partial charge in [-0.1, -0.05) is 42.1 Å². The molecule has 0 aliphatic heterocycles. The monoisotopic (exact) mass is 428 g/mol. The Bertz CT molecular complexity index is 1130. The van der Waals surface area contributed by atoms with E-state index < -0.39 is 5.91 Å². The summed E-state index contributed by atoms with van der Waals surface area (Å²) in [5.41, 5.74) is 1.29. The predicted octanol–water partition coefficient (Wildman–Crippen LogP) is 5.87. The zero-order chi connectivity index (χ0) is 21.2. The SMILES string of the molecule is N#CSc1ccc(N/C=C(/C#N)C(=O)Nc2ccccc2Sc2ccccc2)cc1. The Morgan fingerprint density at radius 2 is 1.57 bits per heavy atom. The van der Waals surface area contributed by atoms with Crippen molar-refractivity contribution in [2.75, 3.05) is 10.6 Å². The van der Waals surface area contributed by atoms with Crippen LogP contribution in [-0.4, -0.2) is 5.91 Å². The average molecular weight is 429 g/mol. The van der Waals surface area contributed by atoms with Gasteiger partial charge in [-0.05, 0) is 60.3 Å². The molecule has 0 bridgehead atoms. The topological polar surface area (TPSA) is 88.7 Å². The van der Waals surface area contributed by atoms with Gasteiger partial charge in [0, 0.05) is 26.6 Å². The Morgan fingerprint density at radius 1 is 0.867 bits per heavy atom. The molecule has 0 aromatic heterocycles. The first kappa shape index (κ1) is 21.1. The smallest absolute Gasteiger partial charge is 0.267 e. The summed E-state index contributed by atoms with van der Waals surface area (Å²) < 4.78 is 0. The number of amides is 1. The second kappa shape index (κ2) is 10.8. The Balaban J connectivity index is 1.70. The highest BCUT2D eigenvalue weighted by Gasteiger charge is 2.12. The standard InChI is InChI=1S/C23H16N4OS2/c24-14-17(15-26-18-10-12-19(13-11-18)29-16-25)23(28)27-21-8-4-5-9-22(21)30-20-6-2-1-3-7-20/h1-13,15,26H,(H,27,28)/b17-15-. The van der Waals surface area contributed by atoms with E-state index in [1.165, 1.54) is 18.0 Å². The molecular weight excluding hydrogens is 412 g/mol. The fraction of sp³-hybridized carbons (Fsp3) is 0. The molecule has 0 saturated carbocycles. The fourth-order valence-corrected chi connectivity index (χ4v) is 3.74.